The van der Waals surface area contributed by atoms with E-state index in [1.54, 1.807) is 0 Å². The van der Waals surface area contributed by atoms with Crippen LogP contribution in [0, 0.1) is 0 Å². The average Bonchev–Trinajstić information content (AvgIpc) is 3.71. The Bertz CT molecular complexity index is 3110. The maximum atomic E-state index is 6.29. The maximum Gasteiger partial charge on any atom is 0.139 e. The van der Waals surface area contributed by atoms with Gasteiger partial charge in [-0.2, -0.15) is 0 Å². The van der Waals surface area contributed by atoms with Gasteiger partial charge in [-0.3, -0.25) is 0 Å². The first-order valence-electron chi connectivity index (χ1n) is 20.1. The molecular formula is C47H40B8O. The molecule has 258 valence electrons. The molecule has 8 aromatic carbocycles. The van der Waals surface area contributed by atoms with Crippen molar-refractivity contribution in [2.75, 3.05) is 0 Å². The van der Waals surface area contributed by atoms with E-state index in [0.29, 0.717) is 0 Å². The Kier molecular flexibility index (Phi) is 7.70. The summed E-state index contributed by atoms with van der Waals surface area (Å²) >= 11 is 0. The third-order valence-electron chi connectivity index (χ3n) is 14.1. The first-order chi connectivity index (χ1) is 26.9. The SMILES string of the molecule is Bc1c(B)c(B)c2c(-c3ccc4c(c3)-c3ccccc3C4(C)C)c3c(B)c(B)c(B)c(B)c3c(-c3ccc(-c4cccc5oc6ccccc6c45)cc3)c2c1B. The highest BCUT2D eigenvalue weighted by Crippen LogP contribution is 2.51. The van der Waals surface area contributed by atoms with Crippen molar-refractivity contribution in [3.05, 3.63) is 120 Å². The minimum Gasteiger partial charge on any atom is -0.456 e. The Hall–Kier alpha value is -5.40. The van der Waals surface area contributed by atoms with Crippen molar-refractivity contribution in [3.63, 3.8) is 0 Å². The van der Waals surface area contributed by atoms with Gasteiger partial charge >= 0.3 is 0 Å². The number of hydrogen-bond donors (Lipinski definition) is 0. The van der Waals surface area contributed by atoms with Crippen LogP contribution in [0.5, 0.6) is 0 Å². The van der Waals surface area contributed by atoms with Crippen LogP contribution in [0.25, 0.3) is 88.0 Å². The topological polar surface area (TPSA) is 13.1 Å². The second-order valence-electron chi connectivity index (χ2n) is 17.0. The van der Waals surface area contributed by atoms with Crippen molar-refractivity contribution in [1.82, 2.24) is 0 Å². The van der Waals surface area contributed by atoms with Gasteiger partial charge < -0.3 is 4.42 Å². The molecule has 1 nitrogen and oxygen atoms in total. The lowest BCUT2D eigenvalue weighted by molar-refractivity contribution is 0.660. The van der Waals surface area contributed by atoms with Crippen molar-refractivity contribution < 1.29 is 4.42 Å². The van der Waals surface area contributed by atoms with E-state index < -0.39 is 0 Å². The number of para-hydroxylation sites is 1. The zero-order chi connectivity index (χ0) is 38.9. The molecule has 0 bridgehead atoms. The summed E-state index contributed by atoms with van der Waals surface area (Å²) in [5.74, 6) is 0. The van der Waals surface area contributed by atoms with Gasteiger partial charge in [0.2, 0.25) is 0 Å². The predicted molar refractivity (Wildman–Crippen MR) is 268 cm³/mol. The Labute approximate surface area is 336 Å². The zero-order valence-corrected chi connectivity index (χ0v) is 34.3. The second kappa shape index (κ2) is 12.3. The molecule has 0 atom stereocenters. The fraction of sp³-hybridized carbons (Fsp3) is 0.0638. The fourth-order valence-electron chi connectivity index (χ4n) is 10.4. The van der Waals surface area contributed by atoms with Gasteiger partial charge in [-0.25, -0.2) is 0 Å². The van der Waals surface area contributed by atoms with Crippen molar-refractivity contribution >= 4 is 150 Å². The fourth-order valence-corrected chi connectivity index (χ4v) is 10.4. The van der Waals surface area contributed by atoms with E-state index >= 15 is 0 Å². The Balaban J connectivity index is 1.31. The Morgan fingerprint density at radius 2 is 0.839 bits per heavy atom. The summed E-state index contributed by atoms with van der Waals surface area (Å²) in [6, 6.07) is 40.6. The lowest BCUT2D eigenvalue weighted by atomic mass is 9.59. The van der Waals surface area contributed by atoms with Crippen LogP contribution >= 0.6 is 0 Å². The molecule has 1 heterocycles. The van der Waals surface area contributed by atoms with Crippen LogP contribution in [0.1, 0.15) is 25.0 Å². The smallest absolute Gasteiger partial charge is 0.139 e. The number of hydrogen-bond acceptors (Lipinski definition) is 1. The average molecular weight is 707 g/mol. The van der Waals surface area contributed by atoms with Gasteiger partial charge in [0.1, 0.15) is 73.9 Å². The van der Waals surface area contributed by atoms with Crippen LogP contribution in [0.4, 0.5) is 0 Å². The standard InChI is InChI=1S/C47H40B8O/c1-47(2)28-11-5-3-8-25(28)27-20-23(18-19-29(27)47)33-37-35(39(48)43(52)45(54)41(37)50)32(36-38(33)42(51)46(55)44(53)40(36)49)22-16-14-21(15-17-22)24-10-7-13-31-34(24)26-9-4-6-12-30(26)56-31/h3-20H,48-55H2,1-2H3. The normalized spacial score (nSPS) is 13.2. The van der Waals surface area contributed by atoms with E-state index in [9.17, 15) is 0 Å². The van der Waals surface area contributed by atoms with E-state index in [1.165, 1.54) is 126 Å². The van der Waals surface area contributed by atoms with Gasteiger partial charge in [-0.15, -0.1) is 21.9 Å². The largest absolute Gasteiger partial charge is 0.456 e. The molecule has 1 aromatic heterocycles. The summed E-state index contributed by atoms with van der Waals surface area (Å²) < 4.78 is 6.29. The molecule has 0 unspecified atom stereocenters. The molecule has 0 N–H and O–H groups in total. The number of rotatable bonds is 3. The number of furan rings is 1. The van der Waals surface area contributed by atoms with E-state index in [4.69, 9.17) is 4.42 Å². The molecule has 0 aliphatic heterocycles. The first kappa shape index (κ1) is 35.0. The van der Waals surface area contributed by atoms with Crippen molar-refractivity contribution in [3.8, 4) is 44.5 Å². The van der Waals surface area contributed by atoms with Crippen LogP contribution in [0.2, 0.25) is 0 Å². The molecule has 0 radical (unpaired) electrons. The van der Waals surface area contributed by atoms with Crippen molar-refractivity contribution in [2.24, 2.45) is 0 Å². The lowest BCUT2D eigenvalue weighted by Gasteiger charge is -2.28. The highest BCUT2D eigenvalue weighted by atomic mass is 16.3. The highest BCUT2D eigenvalue weighted by Gasteiger charge is 2.35. The summed E-state index contributed by atoms with van der Waals surface area (Å²) in [6.45, 7) is 4.75. The third-order valence-corrected chi connectivity index (χ3v) is 14.1. The molecule has 0 amide bonds. The van der Waals surface area contributed by atoms with Crippen LogP contribution in [0.3, 0.4) is 0 Å². The molecule has 10 rings (SSSR count). The molecule has 0 saturated heterocycles. The molecule has 9 aromatic rings. The van der Waals surface area contributed by atoms with E-state index in [0.717, 1.165) is 16.6 Å². The molecule has 0 fully saturated rings. The highest BCUT2D eigenvalue weighted by molar-refractivity contribution is 6.71. The maximum absolute atomic E-state index is 6.29. The number of benzene rings is 8. The summed E-state index contributed by atoms with van der Waals surface area (Å²) in [4.78, 5) is 0. The summed E-state index contributed by atoms with van der Waals surface area (Å²) in [5.41, 5.74) is 26.0. The van der Waals surface area contributed by atoms with Crippen LogP contribution < -0.4 is 43.7 Å². The van der Waals surface area contributed by atoms with Gasteiger partial charge in [-0.05, 0) is 95.4 Å². The Morgan fingerprint density at radius 3 is 1.46 bits per heavy atom. The third kappa shape index (κ3) is 4.67. The van der Waals surface area contributed by atoms with Gasteiger partial charge in [0.05, 0.1) is 0 Å². The van der Waals surface area contributed by atoms with Crippen LogP contribution in [-0.2, 0) is 5.41 Å². The van der Waals surface area contributed by atoms with Crippen molar-refractivity contribution in [1.29, 1.82) is 0 Å². The van der Waals surface area contributed by atoms with E-state index in [-0.39, 0.29) is 5.41 Å². The van der Waals surface area contributed by atoms with Gasteiger partial charge in [0, 0.05) is 16.2 Å². The van der Waals surface area contributed by atoms with Crippen molar-refractivity contribution in [2.45, 2.75) is 19.3 Å². The quantitative estimate of drug-likeness (QED) is 0.175. The van der Waals surface area contributed by atoms with Gasteiger partial charge in [0.25, 0.3) is 0 Å². The first-order valence-corrected chi connectivity index (χ1v) is 20.1. The molecular weight excluding hydrogens is 667 g/mol. The molecule has 1 aliphatic rings. The monoisotopic (exact) mass is 708 g/mol. The number of fused-ring (bicyclic) bond motifs is 8. The molecule has 0 saturated carbocycles. The van der Waals surface area contributed by atoms with E-state index in [2.05, 4.69) is 180 Å². The molecule has 56 heavy (non-hydrogen) atoms. The summed E-state index contributed by atoms with van der Waals surface area (Å²) in [6.07, 6.45) is 0. The molecule has 9 heteroatoms. The Morgan fingerprint density at radius 1 is 0.375 bits per heavy atom. The van der Waals surface area contributed by atoms with Crippen LogP contribution in [0.15, 0.2) is 114 Å². The summed E-state index contributed by atoms with van der Waals surface area (Å²) in [7, 11) is 18.7. The molecule has 0 spiro atoms. The second-order valence-corrected chi connectivity index (χ2v) is 17.0. The van der Waals surface area contributed by atoms with Gasteiger partial charge in [-0.1, -0.05) is 127 Å². The molecule has 1 aliphatic carbocycles. The predicted octanol–water partition coefficient (Wildman–Crippen LogP) is -0.733. The minimum absolute atomic E-state index is 0.0404. The van der Waals surface area contributed by atoms with Crippen LogP contribution in [-0.4, -0.2) is 62.8 Å². The lowest BCUT2D eigenvalue weighted by Crippen LogP contribution is -2.50. The minimum atomic E-state index is -0.0404. The zero-order valence-electron chi connectivity index (χ0n) is 34.3. The van der Waals surface area contributed by atoms with Gasteiger partial charge in [0.15, 0.2) is 0 Å². The van der Waals surface area contributed by atoms with E-state index in [1.807, 2.05) is 6.07 Å². The summed E-state index contributed by atoms with van der Waals surface area (Å²) in [5, 5.41) is 7.83.